The Morgan fingerprint density at radius 3 is 2.64 bits per heavy atom. The Kier molecular flexibility index (Phi) is 4.10. The van der Waals surface area contributed by atoms with E-state index in [1.807, 2.05) is 13.2 Å². The Hall–Kier alpha value is -1.97. The van der Waals surface area contributed by atoms with E-state index in [1.165, 1.54) is 21.9 Å². The molecule has 0 unspecified atom stereocenters. The lowest BCUT2D eigenvalue weighted by Gasteiger charge is -2.30. The second-order valence-electron chi connectivity index (χ2n) is 6.05. The van der Waals surface area contributed by atoms with Crippen LogP contribution < -0.4 is 0 Å². The van der Waals surface area contributed by atoms with Crippen molar-refractivity contribution in [1.82, 2.24) is 4.90 Å². The number of furan rings is 1. The number of likely N-dealkylation sites (tertiary alicyclic amines) is 1. The van der Waals surface area contributed by atoms with E-state index in [1.54, 1.807) is 4.90 Å². The minimum absolute atomic E-state index is 0.197. The summed E-state index contributed by atoms with van der Waals surface area (Å²) in [5.41, 5.74) is 2.51. The van der Waals surface area contributed by atoms with Gasteiger partial charge in [0.2, 0.25) is 0 Å². The molecule has 22 heavy (non-hydrogen) atoms. The van der Waals surface area contributed by atoms with Crippen LogP contribution in [-0.4, -0.2) is 30.7 Å². The molecule has 1 fully saturated rings. The Morgan fingerprint density at radius 2 is 1.95 bits per heavy atom. The number of hydrogen-bond acceptors (Lipinski definition) is 3. The van der Waals surface area contributed by atoms with Crippen molar-refractivity contribution in [2.45, 2.75) is 39.5 Å². The van der Waals surface area contributed by atoms with Crippen LogP contribution in [0.3, 0.4) is 0 Å². The summed E-state index contributed by atoms with van der Waals surface area (Å²) < 4.78 is 11.0. The third-order valence-electron chi connectivity index (χ3n) is 4.61. The average Bonchev–Trinajstić information content (AvgIpc) is 2.98. The molecular formula is C18H23NO3. The van der Waals surface area contributed by atoms with Crippen molar-refractivity contribution in [3.05, 3.63) is 35.3 Å². The van der Waals surface area contributed by atoms with E-state index in [0.717, 1.165) is 31.7 Å². The van der Waals surface area contributed by atoms with Gasteiger partial charge >= 0.3 is 6.09 Å². The molecule has 1 aromatic carbocycles. The number of rotatable bonds is 2. The average molecular weight is 301 g/mol. The minimum Gasteiger partial charge on any atom is -0.468 e. The van der Waals surface area contributed by atoms with Gasteiger partial charge in [0.25, 0.3) is 0 Å². The van der Waals surface area contributed by atoms with Gasteiger partial charge in [-0.1, -0.05) is 12.1 Å². The first-order chi connectivity index (χ1) is 10.6. The van der Waals surface area contributed by atoms with Crippen LogP contribution in [0.2, 0.25) is 0 Å². The van der Waals surface area contributed by atoms with E-state index in [4.69, 9.17) is 9.15 Å². The minimum atomic E-state index is -0.197. The van der Waals surface area contributed by atoms with E-state index in [0.29, 0.717) is 12.5 Å². The van der Waals surface area contributed by atoms with E-state index < -0.39 is 0 Å². The molecule has 4 heteroatoms. The zero-order chi connectivity index (χ0) is 15.7. The smallest absolute Gasteiger partial charge is 0.409 e. The van der Waals surface area contributed by atoms with E-state index in [-0.39, 0.29) is 6.09 Å². The molecule has 4 nitrogen and oxygen atoms in total. The van der Waals surface area contributed by atoms with Gasteiger partial charge in [0.05, 0.1) is 12.9 Å². The second kappa shape index (κ2) is 6.03. The van der Waals surface area contributed by atoms with Crippen molar-refractivity contribution < 1.29 is 13.9 Å². The SMILES string of the molecule is CCOC(=O)N1CCC(c2occ3c(C)ccc(C)c23)CC1. The Balaban J connectivity index is 1.80. The van der Waals surface area contributed by atoms with Crippen molar-refractivity contribution in [2.75, 3.05) is 19.7 Å². The molecule has 2 aromatic rings. The first kappa shape index (κ1) is 14.9. The molecule has 0 radical (unpaired) electrons. The van der Waals surface area contributed by atoms with Crippen LogP contribution in [0.25, 0.3) is 10.8 Å². The maximum absolute atomic E-state index is 11.8. The number of aryl methyl sites for hydroxylation is 2. The fourth-order valence-corrected chi connectivity index (χ4v) is 3.33. The summed E-state index contributed by atoms with van der Waals surface area (Å²) in [4.78, 5) is 13.6. The zero-order valence-corrected chi connectivity index (χ0v) is 13.5. The molecule has 0 spiro atoms. The molecule has 118 valence electrons. The number of ether oxygens (including phenoxy) is 1. The largest absolute Gasteiger partial charge is 0.468 e. The molecule has 1 aromatic heterocycles. The first-order valence-corrected chi connectivity index (χ1v) is 8.00. The predicted molar refractivity (Wildman–Crippen MR) is 86.3 cm³/mol. The van der Waals surface area contributed by atoms with Crippen molar-refractivity contribution in [3.8, 4) is 0 Å². The first-order valence-electron chi connectivity index (χ1n) is 8.00. The van der Waals surface area contributed by atoms with Crippen LogP contribution in [0.1, 0.15) is 42.6 Å². The monoisotopic (exact) mass is 301 g/mol. The molecule has 0 atom stereocenters. The number of piperidine rings is 1. The lowest BCUT2D eigenvalue weighted by atomic mass is 9.90. The second-order valence-corrected chi connectivity index (χ2v) is 6.05. The lowest BCUT2D eigenvalue weighted by molar-refractivity contribution is 0.0959. The van der Waals surface area contributed by atoms with Crippen molar-refractivity contribution in [1.29, 1.82) is 0 Å². The summed E-state index contributed by atoms with van der Waals surface area (Å²) >= 11 is 0. The Labute approximate surface area is 131 Å². The summed E-state index contributed by atoms with van der Waals surface area (Å²) in [6.07, 6.45) is 3.53. The van der Waals surface area contributed by atoms with E-state index in [2.05, 4.69) is 26.0 Å². The number of fused-ring (bicyclic) bond motifs is 1. The highest BCUT2D eigenvalue weighted by atomic mass is 16.6. The molecule has 0 saturated carbocycles. The Morgan fingerprint density at radius 1 is 1.27 bits per heavy atom. The summed E-state index contributed by atoms with van der Waals surface area (Å²) in [5.74, 6) is 1.46. The topological polar surface area (TPSA) is 42.7 Å². The van der Waals surface area contributed by atoms with Gasteiger partial charge in [-0.25, -0.2) is 4.79 Å². The summed E-state index contributed by atoms with van der Waals surface area (Å²) in [6.45, 7) is 7.98. The maximum Gasteiger partial charge on any atom is 0.409 e. The summed E-state index contributed by atoms with van der Waals surface area (Å²) in [6, 6.07) is 4.30. The van der Waals surface area contributed by atoms with Gasteiger partial charge in [-0.2, -0.15) is 0 Å². The molecule has 1 aliphatic heterocycles. The molecule has 1 amide bonds. The van der Waals surface area contributed by atoms with E-state index in [9.17, 15) is 4.79 Å². The fourth-order valence-electron chi connectivity index (χ4n) is 3.33. The number of benzene rings is 1. The molecule has 2 heterocycles. The third kappa shape index (κ3) is 2.58. The van der Waals surface area contributed by atoms with Gasteiger partial charge in [-0.15, -0.1) is 0 Å². The van der Waals surface area contributed by atoms with E-state index >= 15 is 0 Å². The van der Waals surface area contributed by atoms with Crippen LogP contribution in [-0.2, 0) is 4.74 Å². The predicted octanol–water partition coefficient (Wildman–Crippen LogP) is 4.39. The highest BCUT2D eigenvalue weighted by Crippen LogP contribution is 2.37. The summed E-state index contributed by atoms with van der Waals surface area (Å²) in [5, 5.41) is 2.47. The van der Waals surface area contributed by atoms with Crippen LogP contribution in [0.5, 0.6) is 0 Å². The lowest BCUT2D eigenvalue weighted by Crippen LogP contribution is -2.38. The highest BCUT2D eigenvalue weighted by Gasteiger charge is 2.28. The van der Waals surface area contributed by atoms with Gasteiger partial charge in [0.1, 0.15) is 5.76 Å². The Bertz CT molecular complexity index is 681. The molecule has 0 N–H and O–H groups in total. The number of carbonyl (C=O) groups is 1. The van der Waals surface area contributed by atoms with Gasteiger partial charge in [-0.05, 0) is 44.7 Å². The highest BCUT2D eigenvalue weighted by molar-refractivity contribution is 5.90. The van der Waals surface area contributed by atoms with Gasteiger partial charge < -0.3 is 14.1 Å². The molecule has 0 aliphatic carbocycles. The van der Waals surface area contributed by atoms with Crippen molar-refractivity contribution in [3.63, 3.8) is 0 Å². The van der Waals surface area contributed by atoms with Gasteiger partial charge in [0.15, 0.2) is 0 Å². The van der Waals surface area contributed by atoms with Crippen molar-refractivity contribution >= 4 is 16.9 Å². The fraction of sp³-hybridized carbons (Fsp3) is 0.500. The molecule has 3 rings (SSSR count). The van der Waals surface area contributed by atoms with Crippen LogP contribution in [0, 0.1) is 13.8 Å². The quantitative estimate of drug-likeness (QED) is 0.826. The summed E-state index contributed by atoms with van der Waals surface area (Å²) in [7, 11) is 0. The van der Waals surface area contributed by atoms with Gasteiger partial charge in [0, 0.05) is 29.8 Å². The van der Waals surface area contributed by atoms with Gasteiger partial charge in [-0.3, -0.25) is 0 Å². The normalized spacial score (nSPS) is 16.2. The number of hydrogen-bond donors (Lipinski definition) is 0. The maximum atomic E-state index is 11.8. The molecular weight excluding hydrogens is 278 g/mol. The zero-order valence-electron chi connectivity index (χ0n) is 13.5. The van der Waals surface area contributed by atoms with Crippen LogP contribution >= 0.6 is 0 Å². The third-order valence-corrected chi connectivity index (χ3v) is 4.61. The standard InChI is InChI=1S/C18H23NO3/c1-4-21-18(20)19-9-7-14(8-10-19)17-16-13(3)6-5-12(2)15(16)11-22-17/h5-6,11,14H,4,7-10H2,1-3H3. The molecule has 1 saturated heterocycles. The number of carbonyl (C=O) groups excluding carboxylic acids is 1. The van der Waals surface area contributed by atoms with Crippen LogP contribution in [0.4, 0.5) is 4.79 Å². The molecule has 1 aliphatic rings. The number of amides is 1. The molecule has 0 bridgehead atoms. The van der Waals surface area contributed by atoms with Crippen molar-refractivity contribution in [2.24, 2.45) is 0 Å². The van der Waals surface area contributed by atoms with Crippen LogP contribution in [0.15, 0.2) is 22.8 Å². The number of nitrogens with zero attached hydrogens (tertiary/aromatic N) is 1.